The molecule has 0 saturated heterocycles. The second-order valence-corrected chi connectivity index (χ2v) is 9.31. The highest BCUT2D eigenvalue weighted by Crippen LogP contribution is 2.31. The first kappa shape index (κ1) is 31.8. The molecular formula is C25H30F3N3O7S. The fourth-order valence-electron chi connectivity index (χ4n) is 3.31. The van der Waals surface area contributed by atoms with E-state index in [0.717, 1.165) is 17.8 Å². The van der Waals surface area contributed by atoms with Crippen LogP contribution >= 0.6 is 11.3 Å². The van der Waals surface area contributed by atoms with Crippen LogP contribution in [0.4, 0.5) is 13.2 Å². The summed E-state index contributed by atoms with van der Waals surface area (Å²) >= 11 is 0.955. The number of amides is 1. The van der Waals surface area contributed by atoms with E-state index in [1.54, 1.807) is 18.0 Å². The first-order valence-electron chi connectivity index (χ1n) is 11.8. The number of fused-ring (bicyclic) bond motifs is 1. The predicted octanol–water partition coefficient (Wildman–Crippen LogP) is 2.66. The molecule has 3 aromatic rings. The van der Waals surface area contributed by atoms with Crippen LogP contribution in [0.15, 0.2) is 47.3 Å². The lowest BCUT2D eigenvalue weighted by Crippen LogP contribution is -2.35. The molecule has 0 spiro atoms. The number of aromatic amines is 1. The van der Waals surface area contributed by atoms with Gasteiger partial charge in [0.1, 0.15) is 11.3 Å². The number of carboxylic acids is 1. The van der Waals surface area contributed by atoms with E-state index in [9.17, 15) is 33.0 Å². The molecule has 3 rings (SSSR count). The summed E-state index contributed by atoms with van der Waals surface area (Å²) < 4.78 is 37.9. The third kappa shape index (κ3) is 10.7. The molecule has 1 heterocycles. The number of nitrogens with one attached hydrogen (secondary N) is 2. The molecule has 1 amide bonds. The predicted molar refractivity (Wildman–Crippen MR) is 139 cm³/mol. The van der Waals surface area contributed by atoms with Crippen molar-refractivity contribution in [2.24, 2.45) is 0 Å². The fourth-order valence-corrected chi connectivity index (χ4v) is 4.23. The molecule has 14 heteroatoms. The smallest absolute Gasteiger partial charge is 0.490 e. The van der Waals surface area contributed by atoms with Crippen LogP contribution in [0.5, 0.6) is 5.75 Å². The molecule has 214 valence electrons. The first-order valence-corrected chi connectivity index (χ1v) is 12.6. The Bertz CT molecular complexity index is 1270. The SMILES string of the molecule is CN(CCNC[C@H](O)c1ccc(O)c2[nH]c(=O)sc12)C(=O)CCOCCc1ccccc1.O=C(O)C(F)(F)F. The van der Waals surface area contributed by atoms with E-state index in [1.165, 1.54) is 11.6 Å². The Morgan fingerprint density at radius 2 is 1.82 bits per heavy atom. The Hall–Kier alpha value is -3.46. The number of phenolic OH excluding ortho intramolecular Hbond substituents is 1. The minimum absolute atomic E-state index is 0.00407. The monoisotopic (exact) mass is 573 g/mol. The number of carbonyl (C=O) groups excluding carboxylic acids is 1. The fraction of sp³-hybridized carbons (Fsp3) is 0.400. The van der Waals surface area contributed by atoms with Crippen molar-refractivity contribution in [1.82, 2.24) is 15.2 Å². The maximum absolute atomic E-state index is 12.2. The van der Waals surface area contributed by atoms with Crippen LogP contribution in [0, 0.1) is 0 Å². The average molecular weight is 574 g/mol. The van der Waals surface area contributed by atoms with Gasteiger partial charge in [0.2, 0.25) is 5.91 Å². The van der Waals surface area contributed by atoms with Gasteiger partial charge in [0.25, 0.3) is 0 Å². The molecule has 0 unspecified atom stereocenters. The largest absolute Gasteiger partial charge is 0.506 e. The first-order chi connectivity index (χ1) is 18.4. The highest BCUT2D eigenvalue weighted by atomic mass is 32.1. The molecular weight excluding hydrogens is 543 g/mol. The zero-order valence-corrected chi connectivity index (χ0v) is 21.8. The topological polar surface area (TPSA) is 152 Å². The zero-order valence-electron chi connectivity index (χ0n) is 21.0. The molecule has 0 fully saturated rings. The number of aliphatic hydroxyl groups is 1. The van der Waals surface area contributed by atoms with Crippen molar-refractivity contribution in [3.63, 3.8) is 0 Å². The molecule has 0 aliphatic heterocycles. The number of hydrogen-bond acceptors (Lipinski definition) is 8. The number of halogens is 3. The van der Waals surface area contributed by atoms with Crippen molar-refractivity contribution in [2.45, 2.75) is 25.1 Å². The summed E-state index contributed by atoms with van der Waals surface area (Å²) in [4.78, 5) is 36.6. The third-order valence-electron chi connectivity index (χ3n) is 5.42. The van der Waals surface area contributed by atoms with Gasteiger partial charge in [-0.3, -0.25) is 9.59 Å². The van der Waals surface area contributed by atoms with Crippen molar-refractivity contribution >= 4 is 33.4 Å². The summed E-state index contributed by atoms with van der Waals surface area (Å²) in [7, 11) is 1.74. The number of nitrogens with zero attached hydrogens (tertiary/aromatic N) is 1. The normalized spacial score (nSPS) is 12.0. The van der Waals surface area contributed by atoms with Crippen molar-refractivity contribution in [2.75, 3.05) is 39.9 Å². The zero-order chi connectivity index (χ0) is 29.0. The van der Waals surface area contributed by atoms with Crippen LogP contribution < -0.4 is 10.2 Å². The van der Waals surface area contributed by atoms with Crippen molar-refractivity contribution in [3.8, 4) is 5.75 Å². The molecule has 1 atom stereocenters. The van der Waals surface area contributed by atoms with E-state index in [1.807, 2.05) is 18.2 Å². The maximum atomic E-state index is 12.2. The number of phenols is 1. The lowest BCUT2D eigenvalue weighted by molar-refractivity contribution is -0.192. The van der Waals surface area contributed by atoms with Crippen LogP contribution in [0.3, 0.4) is 0 Å². The Kier molecular flexibility index (Phi) is 12.4. The summed E-state index contributed by atoms with van der Waals surface area (Å²) in [5.74, 6) is -2.77. The summed E-state index contributed by atoms with van der Waals surface area (Å²) in [6.07, 6.45) is -4.78. The number of carboxylic acid groups (broad SMARTS) is 1. The number of alkyl halides is 3. The lowest BCUT2D eigenvalue weighted by atomic mass is 10.1. The molecule has 1 aromatic heterocycles. The number of rotatable bonds is 12. The summed E-state index contributed by atoms with van der Waals surface area (Å²) in [5.41, 5.74) is 2.13. The number of ether oxygens (including phenoxy) is 1. The Morgan fingerprint density at radius 1 is 1.15 bits per heavy atom. The van der Waals surface area contributed by atoms with Crippen molar-refractivity contribution in [1.29, 1.82) is 0 Å². The Morgan fingerprint density at radius 3 is 2.46 bits per heavy atom. The van der Waals surface area contributed by atoms with Gasteiger partial charge in [-0.15, -0.1) is 0 Å². The van der Waals surface area contributed by atoms with Crippen LogP contribution in [0.25, 0.3) is 10.2 Å². The third-order valence-corrected chi connectivity index (χ3v) is 6.35. The minimum atomic E-state index is -5.08. The van der Waals surface area contributed by atoms with E-state index in [2.05, 4.69) is 22.4 Å². The van der Waals surface area contributed by atoms with Gasteiger partial charge in [0.15, 0.2) is 0 Å². The van der Waals surface area contributed by atoms with Crippen LogP contribution in [0.1, 0.15) is 23.7 Å². The van der Waals surface area contributed by atoms with Crippen molar-refractivity contribution in [3.05, 3.63) is 63.3 Å². The van der Waals surface area contributed by atoms with Gasteiger partial charge >= 0.3 is 17.0 Å². The number of aromatic nitrogens is 1. The summed E-state index contributed by atoms with van der Waals surface area (Å²) in [6.45, 7) is 2.24. The molecule has 39 heavy (non-hydrogen) atoms. The number of carbonyl (C=O) groups is 2. The second-order valence-electron chi connectivity index (χ2n) is 8.33. The van der Waals surface area contributed by atoms with Gasteiger partial charge in [0.05, 0.1) is 30.4 Å². The van der Waals surface area contributed by atoms with Crippen LogP contribution in [0.2, 0.25) is 0 Å². The standard InChI is InChI=1S/C23H29N3O5S.C2HF3O2/c1-26(20(29)10-14-31-13-9-16-5-3-2-4-6-16)12-11-24-15-19(28)17-7-8-18(27)21-22(17)32-23(30)25-21;3-2(4,5)1(6)7/h2-8,19,24,27-28H,9-15H2,1H3,(H,25,30);(H,6,7)/t19-;/m0./s1. The molecule has 0 aliphatic carbocycles. The van der Waals surface area contributed by atoms with Gasteiger partial charge in [-0.05, 0) is 18.1 Å². The van der Waals surface area contributed by atoms with E-state index in [4.69, 9.17) is 14.6 Å². The number of aliphatic hydroxyl groups excluding tert-OH is 1. The lowest BCUT2D eigenvalue weighted by Gasteiger charge is -2.19. The number of H-pyrrole nitrogens is 1. The van der Waals surface area contributed by atoms with Crippen molar-refractivity contribution < 1.29 is 42.8 Å². The minimum Gasteiger partial charge on any atom is -0.506 e. The van der Waals surface area contributed by atoms with Gasteiger partial charge in [-0.25, -0.2) is 4.79 Å². The van der Waals surface area contributed by atoms with Gasteiger partial charge in [-0.1, -0.05) is 47.7 Å². The molecule has 0 aliphatic rings. The molecule has 0 bridgehead atoms. The number of likely N-dealkylation sites (N-methyl/N-ethyl adjacent to an activating group) is 1. The Balaban J connectivity index is 0.000000673. The molecule has 10 nitrogen and oxygen atoms in total. The highest BCUT2D eigenvalue weighted by Gasteiger charge is 2.38. The van der Waals surface area contributed by atoms with Gasteiger partial charge < -0.3 is 35.3 Å². The number of aromatic hydroxyl groups is 1. The molecule has 0 saturated carbocycles. The number of thiazole rings is 1. The van der Waals surface area contributed by atoms with E-state index < -0.39 is 18.2 Å². The van der Waals surface area contributed by atoms with Crippen LogP contribution in [-0.2, 0) is 20.7 Å². The summed E-state index contributed by atoms with van der Waals surface area (Å²) in [6, 6.07) is 13.1. The molecule has 5 N–H and O–H groups in total. The summed E-state index contributed by atoms with van der Waals surface area (Å²) in [5, 5.41) is 30.6. The quantitative estimate of drug-likeness (QED) is 0.208. The van der Waals surface area contributed by atoms with Crippen LogP contribution in [-0.4, -0.2) is 83.2 Å². The highest BCUT2D eigenvalue weighted by molar-refractivity contribution is 7.16. The van der Waals surface area contributed by atoms with Gasteiger partial charge in [0, 0.05) is 32.2 Å². The number of benzene rings is 2. The molecule has 0 radical (unpaired) electrons. The van der Waals surface area contributed by atoms with Gasteiger partial charge in [-0.2, -0.15) is 13.2 Å². The molecule has 2 aromatic carbocycles. The number of aliphatic carboxylic acids is 1. The average Bonchev–Trinajstić information content (AvgIpc) is 3.29. The van der Waals surface area contributed by atoms with E-state index in [0.29, 0.717) is 48.5 Å². The maximum Gasteiger partial charge on any atom is 0.490 e. The number of hydrogen-bond donors (Lipinski definition) is 5. The van der Waals surface area contributed by atoms with E-state index >= 15 is 0 Å². The Labute approximate surface area is 225 Å². The van der Waals surface area contributed by atoms with E-state index in [-0.39, 0.29) is 23.1 Å². The second kappa shape index (κ2) is 15.2.